The summed E-state index contributed by atoms with van der Waals surface area (Å²) in [4.78, 5) is 12.7. The third-order valence-corrected chi connectivity index (χ3v) is 4.21. The molecule has 2 aromatic rings. The third-order valence-electron chi connectivity index (χ3n) is 2.80. The second-order valence-corrected chi connectivity index (χ2v) is 6.05. The second-order valence-electron chi connectivity index (χ2n) is 4.31. The van der Waals surface area contributed by atoms with E-state index in [0.29, 0.717) is 12.2 Å². The predicted octanol–water partition coefficient (Wildman–Crippen LogP) is 4.75. The van der Waals surface area contributed by atoms with Gasteiger partial charge in [-0.1, -0.05) is 11.6 Å². The molecule has 1 unspecified atom stereocenters. The van der Waals surface area contributed by atoms with Gasteiger partial charge in [0.25, 0.3) is 0 Å². The molecule has 0 aliphatic carbocycles. The molecule has 20 heavy (non-hydrogen) atoms. The molecule has 1 aromatic carbocycles. The van der Waals surface area contributed by atoms with E-state index in [1.165, 1.54) is 4.88 Å². The quantitative estimate of drug-likeness (QED) is 0.810. The topological polar surface area (TPSA) is 38.3 Å². The molecule has 0 amide bonds. The van der Waals surface area contributed by atoms with Gasteiger partial charge in [-0.2, -0.15) is 0 Å². The van der Waals surface area contributed by atoms with Crippen molar-refractivity contribution in [2.45, 2.75) is 19.9 Å². The average molecular weight is 310 g/mol. The summed E-state index contributed by atoms with van der Waals surface area (Å²) in [7, 11) is 0. The monoisotopic (exact) mass is 309 g/mol. The van der Waals surface area contributed by atoms with Crippen LogP contribution in [-0.4, -0.2) is 12.6 Å². The minimum Gasteiger partial charge on any atom is -0.462 e. The third kappa shape index (κ3) is 3.74. The van der Waals surface area contributed by atoms with Gasteiger partial charge in [0.05, 0.1) is 22.5 Å². The number of rotatable bonds is 5. The van der Waals surface area contributed by atoms with Crippen LogP contribution in [0.4, 0.5) is 5.69 Å². The van der Waals surface area contributed by atoms with E-state index in [9.17, 15) is 4.79 Å². The van der Waals surface area contributed by atoms with Crippen LogP contribution in [0.25, 0.3) is 0 Å². The number of nitrogens with one attached hydrogen (secondary N) is 1. The van der Waals surface area contributed by atoms with Gasteiger partial charge in [0.1, 0.15) is 0 Å². The Balaban J connectivity index is 2.01. The molecule has 1 aromatic heterocycles. The Morgan fingerprint density at radius 1 is 1.30 bits per heavy atom. The van der Waals surface area contributed by atoms with Gasteiger partial charge in [-0.15, -0.1) is 11.3 Å². The van der Waals surface area contributed by atoms with Crippen LogP contribution < -0.4 is 5.32 Å². The molecule has 0 bridgehead atoms. The number of thiophene rings is 1. The largest absolute Gasteiger partial charge is 0.462 e. The van der Waals surface area contributed by atoms with Crippen LogP contribution >= 0.6 is 22.9 Å². The summed E-state index contributed by atoms with van der Waals surface area (Å²) in [5, 5.41) is 3.37. The van der Waals surface area contributed by atoms with Crippen molar-refractivity contribution in [3.63, 3.8) is 0 Å². The van der Waals surface area contributed by atoms with Crippen molar-refractivity contribution < 1.29 is 9.53 Å². The van der Waals surface area contributed by atoms with Crippen molar-refractivity contribution in [2.75, 3.05) is 11.9 Å². The summed E-state index contributed by atoms with van der Waals surface area (Å²) < 4.78 is 5.73. The highest BCUT2D eigenvalue weighted by Gasteiger charge is 2.09. The molecule has 1 heterocycles. The Hall–Kier alpha value is -1.52. The van der Waals surface area contributed by atoms with E-state index >= 15 is 0 Å². The van der Waals surface area contributed by atoms with Crippen LogP contribution in [0.5, 0.6) is 0 Å². The highest BCUT2D eigenvalue weighted by Crippen LogP contribution is 2.29. The molecule has 3 nitrogen and oxygen atoms in total. The number of hydrogen-bond acceptors (Lipinski definition) is 4. The van der Waals surface area contributed by atoms with Gasteiger partial charge in [0.2, 0.25) is 0 Å². The fraction of sp³-hybridized carbons (Fsp3) is 0.267. The van der Waals surface area contributed by atoms with Gasteiger partial charge >= 0.3 is 5.97 Å². The SMILES string of the molecule is CCOC(=O)c1ccc(NC(C)c2ccc(Cl)s2)cc1. The molecule has 0 radical (unpaired) electrons. The highest BCUT2D eigenvalue weighted by atomic mass is 35.5. The molecule has 2 rings (SSSR count). The molecular formula is C15H16ClNO2S. The Labute approximate surface area is 127 Å². The molecule has 1 N–H and O–H groups in total. The fourth-order valence-electron chi connectivity index (χ4n) is 1.80. The average Bonchev–Trinajstić information content (AvgIpc) is 2.86. The molecule has 0 saturated carbocycles. The van der Waals surface area contributed by atoms with Crippen molar-refractivity contribution in [2.24, 2.45) is 0 Å². The number of benzene rings is 1. The molecule has 0 spiro atoms. The summed E-state index contributed by atoms with van der Waals surface area (Å²) in [6, 6.07) is 11.3. The number of ether oxygens (including phenoxy) is 1. The number of halogens is 1. The van der Waals surface area contributed by atoms with Crippen molar-refractivity contribution in [3.8, 4) is 0 Å². The summed E-state index contributed by atoms with van der Waals surface area (Å²) >= 11 is 7.49. The fourth-order valence-corrected chi connectivity index (χ4v) is 2.86. The van der Waals surface area contributed by atoms with Gasteiger partial charge in [0, 0.05) is 10.6 Å². The first-order valence-corrected chi connectivity index (χ1v) is 7.58. The normalized spacial score (nSPS) is 11.9. The first-order chi connectivity index (χ1) is 9.60. The van der Waals surface area contributed by atoms with Crippen LogP contribution in [0.15, 0.2) is 36.4 Å². The van der Waals surface area contributed by atoms with E-state index in [2.05, 4.69) is 12.2 Å². The minimum absolute atomic E-state index is 0.168. The number of hydrogen-bond donors (Lipinski definition) is 1. The zero-order valence-corrected chi connectivity index (χ0v) is 12.9. The first kappa shape index (κ1) is 14.9. The lowest BCUT2D eigenvalue weighted by molar-refractivity contribution is 0.0526. The van der Waals surface area contributed by atoms with Gasteiger partial charge in [0.15, 0.2) is 0 Å². The van der Waals surface area contributed by atoms with Crippen molar-refractivity contribution in [1.29, 1.82) is 0 Å². The predicted molar refractivity (Wildman–Crippen MR) is 83.8 cm³/mol. The van der Waals surface area contributed by atoms with Crippen LogP contribution in [0.2, 0.25) is 4.34 Å². The Bertz CT molecular complexity index is 580. The van der Waals surface area contributed by atoms with Crippen LogP contribution in [0, 0.1) is 0 Å². The van der Waals surface area contributed by atoms with E-state index in [1.54, 1.807) is 30.4 Å². The van der Waals surface area contributed by atoms with E-state index in [4.69, 9.17) is 16.3 Å². The standard InChI is InChI=1S/C15H16ClNO2S/c1-3-19-15(18)11-4-6-12(7-5-11)17-10(2)13-8-9-14(16)20-13/h4-10,17H,3H2,1-2H3. The minimum atomic E-state index is -0.294. The summed E-state index contributed by atoms with van der Waals surface area (Å²) in [5.74, 6) is -0.294. The number of anilines is 1. The van der Waals surface area contributed by atoms with Crippen LogP contribution in [-0.2, 0) is 4.74 Å². The van der Waals surface area contributed by atoms with E-state index in [1.807, 2.05) is 24.3 Å². The zero-order valence-electron chi connectivity index (χ0n) is 11.4. The van der Waals surface area contributed by atoms with Crippen molar-refractivity contribution >= 4 is 34.6 Å². The van der Waals surface area contributed by atoms with Gasteiger partial charge in [-0.3, -0.25) is 0 Å². The Morgan fingerprint density at radius 2 is 2.00 bits per heavy atom. The Kier molecular flexibility index (Phi) is 5.04. The zero-order chi connectivity index (χ0) is 14.5. The first-order valence-electron chi connectivity index (χ1n) is 6.39. The molecule has 0 fully saturated rings. The maximum absolute atomic E-state index is 11.5. The molecule has 1 atom stereocenters. The maximum atomic E-state index is 11.5. The molecule has 0 aliphatic heterocycles. The van der Waals surface area contributed by atoms with Gasteiger partial charge in [-0.25, -0.2) is 4.79 Å². The van der Waals surface area contributed by atoms with E-state index in [-0.39, 0.29) is 12.0 Å². The molecule has 0 aliphatic rings. The highest BCUT2D eigenvalue weighted by molar-refractivity contribution is 7.16. The molecule has 106 valence electrons. The van der Waals surface area contributed by atoms with Crippen molar-refractivity contribution in [3.05, 3.63) is 51.2 Å². The Morgan fingerprint density at radius 3 is 2.55 bits per heavy atom. The summed E-state index contributed by atoms with van der Waals surface area (Å²) in [5.41, 5.74) is 1.51. The number of carbonyl (C=O) groups is 1. The molecule has 5 heteroatoms. The van der Waals surface area contributed by atoms with Crippen LogP contribution in [0.3, 0.4) is 0 Å². The lowest BCUT2D eigenvalue weighted by atomic mass is 10.2. The lowest BCUT2D eigenvalue weighted by Gasteiger charge is -2.13. The van der Waals surface area contributed by atoms with Crippen LogP contribution in [0.1, 0.15) is 35.1 Å². The van der Waals surface area contributed by atoms with E-state index in [0.717, 1.165) is 10.0 Å². The van der Waals surface area contributed by atoms with Gasteiger partial charge in [-0.05, 0) is 50.2 Å². The number of esters is 1. The van der Waals surface area contributed by atoms with E-state index < -0.39 is 0 Å². The molecule has 0 saturated heterocycles. The second kappa shape index (κ2) is 6.77. The maximum Gasteiger partial charge on any atom is 0.338 e. The van der Waals surface area contributed by atoms with Crippen molar-refractivity contribution in [1.82, 2.24) is 0 Å². The lowest BCUT2D eigenvalue weighted by Crippen LogP contribution is -2.06. The molecular weight excluding hydrogens is 294 g/mol. The van der Waals surface area contributed by atoms with Gasteiger partial charge < -0.3 is 10.1 Å². The number of carbonyl (C=O) groups excluding carboxylic acids is 1. The smallest absolute Gasteiger partial charge is 0.338 e. The summed E-state index contributed by atoms with van der Waals surface area (Å²) in [6.45, 7) is 4.25. The summed E-state index contributed by atoms with van der Waals surface area (Å²) in [6.07, 6.45) is 0.